The summed E-state index contributed by atoms with van der Waals surface area (Å²) < 4.78 is 1.79. The molecule has 0 bridgehead atoms. The maximum atomic E-state index is 12.3. The average molecular weight is 362 g/mol. The van der Waals surface area contributed by atoms with E-state index >= 15 is 0 Å². The zero-order valence-corrected chi connectivity index (χ0v) is 15.2. The number of hydrogen-bond donors (Lipinski definition) is 1. The zero-order chi connectivity index (χ0) is 19.1. The Kier molecular flexibility index (Phi) is 5.99. The molecule has 0 radical (unpaired) electrons. The third kappa shape index (κ3) is 5.04. The van der Waals surface area contributed by atoms with Crippen LogP contribution < -0.4 is 5.32 Å². The van der Waals surface area contributed by atoms with Crippen LogP contribution in [0.4, 0.5) is 0 Å². The van der Waals surface area contributed by atoms with Gasteiger partial charge in [-0.1, -0.05) is 36.4 Å². The lowest BCUT2D eigenvalue weighted by Gasteiger charge is -2.16. The third-order valence-corrected chi connectivity index (χ3v) is 4.16. The molecule has 1 N–H and O–H groups in total. The highest BCUT2D eigenvalue weighted by molar-refractivity contribution is 5.94. The minimum Gasteiger partial charge on any atom is -0.352 e. The van der Waals surface area contributed by atoms with E-state index < -0.39 is 0 Å². The molecule has 1 aromatic heterocycles. The molecule has 2 amide bonds. The Labute approximate surface area is 158 Å². The van der Waals surface area contributed by atoms with Gasteiger partial charge in [-0.2, -0.15) is 5.10 Å². The van der Waals surface area contributed by atoms with Gasteiger partial charge in [0.25, 0.3) is 5.91 Å². The second kappa shape index (κ2) is 8.80. The molecule has 0 aliphatic carbocycles. The van der Waals surface area contributed by atoms with Crippen molar-refractivity contribution in [2.24, 2.45) is 0 Å². The van der Waals surface area contributed by atoms with Crippen LogP contribution in [0.5, 0.6) is 0 Å². The summed E-state index contributed by atoms with van der Waals surface area (Å²) in [7, 11) is 1.75. The number of hydrogen-bond acceptors (Lipinski definition) is 3. The molecule has 0 saturated carbocycles. The molecule has 0 spiro atoms. The molecule has 0 saturated heterocycles. The molecule has 0 unspecified atom stereocenters. The number of carbonyl (C=O) groups is 2. The fourth-order valence-corrected chi connectivity index (χ4v) is 2.69. The predicted molar refractivity (Wildman–Crippen MR) is 103 cm³/mol. The Balaban J connectivity index is 1.47. The van der Waals surface area contributed by atoms with Crippen molar-refractivity contribution in [3.8, 4) is 5.69 Å². The van der Waals surface area contributed by atoms with E-state index in [2.05, 4.69) is 10.4 Å². The number of para-hydroxylation sites is 1. The molecule has 3 aromatic rings. The topological polar surface area (TPSA) is 67.2 Å². The lowest BCUT2D eigenvalue weighted by atomic mass is 10.2. The van der Waals surface area contributed by atoms with Gasteiger partial charge in [-0.25, -0.2) is 4.68 Å². The van der Waals surface area contributed by atoms with Crippen molar-refractivity contribution in [3.63, 3.8) is 0 Å². The van der Waals surface area contributed by atoms with Gasteiger partial charge in [0.1, 0.15) is 0 Å². The van der Waals surface area contributed by atoms with Crippen LogP contribution in [0.1, 0.15) is 22.3 Å². The van der Waals surface area contributed by atoms with Crippen LogP contribution in [0.2, 0.25) is 0 Å². The molecule has 0 aliphatic heterocycles. The fraction of sp³-hybridized carbons (Fsp3) is 0.190. The Morgan fingerprint density at radius 1 is 1.04 bits per heavy atom. The smallest absolute Gasteiger partial charge is 0.251 e. The van der Waals surface area contributed by atoms with Crippen molar-refractivity contribution >= 4 is 11.8 Å². The molecule has 138 valence electrons. The largest absolute Gasteiger partial charge is 0.352 e. The highest BCUT2D eigenvalue weighted by Gasteiger charge is 2.12. The van der Waals surface area contributed by atoms with Crippen LogP contribution in [0.15, 0.2) is 73.1 Å². The van der Waals surface area contributed by atoms with E-state index in [1.165, 1.54) is 0 Å². The van der Waals surface area contributed by atoms with Crippen molar-refractivity contribution < 1.29 is 9.59 Å². The first-order chi connectivity index (χ1) is 13.1. The molecular weight excluding hydrogens is 340 g/mol. The quantitative estimate of drug-likeness (QED) is 0.703. The van der Waals surface area contributed by atoms with Crippen LogP contribution in [0.25, 0.3) is 5.69 Å². The highest BCUT2D eigenvalue weighted by atomic mass is 16.2. The van der Waals surface area contributed by atoms with E-state index in [0.29, 0.717) is 18.7 Å². The molecule has 6 nitrogen and oxygen atoms in total. The van der Waals surface area contributed by atoms with Crippen molar-refractivity contribution in [2.75, 3.05) is 13.6 Å². The van der Waals surface area contributed by atoms with Gasteiger partial charge in [0.05, 0.1) is 11.9 Å². The van der Waals surface area contributed by atoms with E-state index in [0.717, 1.165) is 11.3 Å². The monoisotopic (exact) mass is 362 g/mol. The van der Waals surface area contributed by atoms with Gasteiger partial charge >= 0.3 is 0 Å². The normalized spacial score (nSPS) is 10.4. The SMILES string of the molecule is CN(Cc1cnn(-c2ccccc2)c1)C(=O)CCNC(=O)c1ccccc1. The van der Waals surface area contributed by atoms with Crippen LogP contribution >= 0.6 is 0 Å². The first kappa shape index (κ1) is 18.4. The van der Waals surface area contributed by atoms with Crippen molar-refractivity contribution in [2.45, 2.75) is 13.0 Å². The third-order valence-electron chi connectivity index (χ3n) is 4.16. The van der Waals surface area contributed by atoms with Crippen LogP contribution in [-0.4, -0.2) is 40.1 Å². The highest BCUT2D eigenvalue weighted by Crippen LogP contribution is 2.09. The number of amides is 2. The summed E-state index contributed by atoms with van der Waals surface area (Å²) >= 11 is 0. The summed E-state index contributed by atoms with van der Waals surface area (Å²) in [5, 5.41) is 7.11. The Morgan fingerprint density at radius 2 is 1.70 bits per heavy atom. The van der Waals surface area contributed by atoms with Gasteiger partial charge in [-0.3, -0.25) is 9.59 Å². The lowest BCUT2D eigenvalue weighted by molar-refractivity contribution is -0.130. The number of aromatic nitrogens is 2. The molecular formula is C21H22N4O2. The predicted octanol–water partition coefficient (Wildman–Crippen LogP) is 2.65. The van der Waals surface area contributed by atoms with Crippen molar-refractivity contribution in [1.29, 1.82) is 0 Å². The molecule has 1 heterocycles. The fourth-order valence-electron chi connectivity index (χ4n) is 2.69. The van der Waals surface area contributed by atoms with E-state index in [9.17, 15) is 9.59 Å². The lowest BCUT2D eigenvalue weighted by Crippen LogP contribution is -2.31. The van der Waals surface area contributed by atoms with Gasteiger partial charge in [-0.05, 0) is 24.3 Å². The molecule has 3 rings (SSSR count). The molecule has 27 heavy (non-hydrogen) atoms. The maximum Gasteiger partial charge on any atom is 0.251 e. The minimum atomic E-state index is -0.171. The van der Waals surface area contributed by atoms with E-state index in [1.807, 2.05) is 54.7 Å². The summed E-state index contributed by atoms with van der Waals surface area (Å²) in [5.41, 5.74) is 2.51. The molecule has 2 aromatic carbocycles. The van der Waals surface area contributed by atoms with E-state index in [4.69, 9.17) is 0 Å². The van der Waals surface area contributed by atoms with Crippen molar-refractivity contribution in [3.05, 3.63) is 84.2 Å². The number of nitrogens with zero attached hydrogens (tertiary/aromatic N) is 3. The van der Waals surface area contributed by atoms with E-state index in [-0.39, 0.29) is 18.2 Å². The Hall–Kier alpha value is -3.41. The Morgan fingerprint density at radius 3 is 2.41 bits per heavy atom. The summed E-state index contributed by atoms with van der Waals surface area (Å²) in [5.74, 6) is -0.203. The second-order valence-electron chi connectivity index (χ2n) is 6.25. The number of rotatable bonds is 7. The van der Waals surface area contributed by atoms with Gasteiger partial charge in [0, 0.05) is 43.9 Å². The van der Waals surface area contributed by atoms with Gasteiger partial charge in [0.15, 0.2) is 0 Å². The minimum absolute atomic E-state index is 0.0316. The number of benzene rings is 2. The molecule has 0 atom stereocenters. The second-order valence-corrected chi connectivity index (χ2v) is 6.25. The standard InChI is InChI=1S/C21H22N4O2/c1-24(15-17-14-23-25(16-17)19-10-6-3-7-11-19)20(26)12-13-22-21(27)18-8-4-2-5-9-18/h2-11,14,16H,12-13,15H2,1H3,(H,22,27). The van der Waals surface area contributed by atoms with Crippen LogP contribution in [-0.2, 0) is 11.3 Å². The van der Waals surface area contributed by atoms with E-state index in [1.54, 1.807) is 35.0 Å². The van der Waals surface area contributed by atoms with Crippen LogP contribution in [0.3, 0.4) is 0 Å². The summed E-state index contributed by atoms with van der Waals surface area (Å²) in [6.45, 7) is 0.776. The van der Waals surface area contributed by atoms with Crippen LogP contribution in [0, 0.1) is 0 Å². The average Bonchev–Trinajstić information content (AvgIpc) is 3.17. The summed E-state index contributed by atoms with van der Waals surface area (Å²) in [6.07, 6.45) is 3.92. The first-order valence-electron chi connectivity index (χ1n) is 8.79. The molecule has 6 heteroatoms. The van der Waals surface area contributed by atoms with Gasteiger partial charge in [0.2, 0.25) is 5.91 Å². The van der Waals surface area contributed by atoms with Crippen molar-refractivity contribution in [1.82, 2.24) is 20.0 Å². The molecule has 0 fully saturated rings. The molecule has 0 aliphatic rings. The number of nitrogens with one attached hydrogen (secondary N) is 1. The van der Waals surface area contributed by atoms with Gasteiger partial charge < -0.3 is 10.2 Å². The zero-order valence-electron chi connectivity index (χ0n) is 15.2. The maximum absolute atomic E-state index is 12.3. The summed E-state index contributed by atoms with van der Waals surface area (Å²) in [6, 6.07) is 18.8. The summed E-state index contributed by atoms with van der Waals surface area (Å²) in [4.78, 5) is 25.9. The first-order valence-corrected chi connectivity index (χ1v) is 8.79. The van der Waals surface area contributed by atoms with Gasteiger partial charge in [-0.15, -0.1) is 0 Å². The Bertz CT molecular complexity index is 891. The number of carbonyl (C=O) groups excluding carboxylic acids is 2.